The minimum Gasteiger partial charge on any atom is -0.494 e. The summed E-state index contributed by atoms with van der Waals surface area (Å²) < 4.78 is 16.6. The molecule has 16 nitrogen and oxygen atoms in total. The van der Waals surface area contributed by atoms with E-state index >= 15 is 0 Å². The fraction of sp³-hybridized carbons (Fsp3) is 0.545. The highest BCUT2D eigenvalue weighted by molar-refractivity contribution is 6.00. The van der Waals surface area contributed by atoms with Crippen LogP contribution in [0.5, 0.6) is 11.5 Å². The summed E-state index contributed by atoms with van der Waals surface area (Å²) in [6, 6.07) is 4.55. The van der Waals surface area contributed by atoms with E-state index in [1.807, 2.05) is 6.92 Å². The molecule has 5 amide bonds. The molecule has 0 saturated carbocycles. The summed E-state index contributed by atoms with van der Waals surface area (Å²) in [5, 5.41) is 15.2. The molecule has 1 aromatic carbocycles. The minimum absolute atomic E-state index is 0.124. The number of ether oxygens (including phenoxy) is 3. The average molecular weight is 685 g/mol. The van der Waals surface area contributed by atoms with E-state index in [1.165, 1.54) is 20.8 Å². The third kappa shape index (κ3) is 9.48. The maximum Gasteiger partial charge on any atom is 0.409 e. The van der Waals surface area contributed by atoms with Crippen LogP contribution in [0.25, 0.3) is 10.9 Å². The second-order valence-corrected chi connectivity index (χ2v) is 11.5. The maximum absolute atomic E-state index is 13.6. The molecule has 2 saturated heterocycles. The zero-order valence-corrected chi connectivity index (χ0v) is 28.1. The van der Waals surface area contributed by atoms with Crippen LogP contribution < -0.4 is 20.1 Å². The number of carbonyl (C=O) groups excluding carboxylic acids is 5. The number of hydrogen-bond donors (Lipinski definition) is 3. The Morgan fingerprint density at radius 3 is 2.37 bits per heavy atom. The first kappa shape index (κ1) is 36.7. The van der Waals surface area contributed by atoms with Crippen molar-refractivity contribution in [2.24, 2.45) is 0 Å². The van der Waals surface area contributed by atoms with E-state index in [-0.39, 0.29) is 63.0 Å². The normalized spacial score (nSPS) is 16.6. The SMILES string of the molecule is CCNC(=O)[C@@H]1CCCN1C(=O)COc1cc(C(=O)N[C@@H](CCC(=O)O)C(=O)N2CCN(C(=O)OCC)CC2)nc2ccc(OCC)cc12. The number of nitrogens with zero attached hydrogens (tertiary/aromatic N) is 4. The third-order valence-electron chi connectivity index (χ3n) is 8.23. The van der Waals surface area contributed by atoms with Gasteiger partial charge in [0.15, 0.2) is 6.61 Å². The van der Waals surface area contributed by atoms with Gasteiger partial charge in [0, 0.05) is 57.1 Å². The van der Waals surface area contributed by atoms with Gasteiger partial charge in [0.2, 0.25) is 11.8 Å². The number of amides is 5. The summed E-state index contributed by atoms with van der Waals surface area (Å²) in [7, 11) is 0. The van der Waals surface area contributed by atoms with Gasteiger partial charge in [-0.05, 0) is 58.2 Å². The Balaban J connectivity index is 1.55. The number of piperazine rings is 1. The molecule has 0 radical (unpaired) electrons. The Labute approximate surface area is 284 Å². The van der Waals surface area contributed by atoms with Crippen molar-refractivity contribution in [2.45, 2.75) is 58.5 Å². The molecule has 0 unspecified atom stereocenters. The number of carboxylic acids is 1. The van der Waals surface area contributed by atoms with Crippen LogP contribution >= 0.6 is 0 Å². The molecular weight excluding hydrogens is 640 g/mol. The highest BCUT2D eigenvalue weighted by atomic mass is 16.6. The van der Waals surface area contributed by atoms with E-state index in [2.05, 4.69) is 15.6 Å². The Morgan fingerprint density at radius 1 is 0.959 bits per heavy atom. The zero-order chi connectivity index (χ0) is 35.5. The molecule has 2 atom stereocenters. The zero-order valence-electron chi connectivity index (χ0n) is 28.1. The van der Waals surface area contributed by atoms with Crippen molar-refractivity contribution >= 4 is 46.6 Å². The molecule has 3 heterocycles. The number of benzene rings is 1. The first-order valence-electron chi connectivity index (χ1n) is 16.6. The van der Waals surface area contributed by atoms with Crippen molar-refractivity contribution in [3.8, 4) is 11.5 Å². The lowest BCUT2D eigenvalue weighted by atomic mass is 10.1. The molecule has 49 heavy (non-hydrogen) atoms. The van der Waals surface area contributed by atoms with E-state index in [1.54, 1.807) is 32.0 Å². The molecule has 0 bridgehead atoms. The van der Waals surface area contributed by atoms with Crippen molar-refractivity contribution in [1.82, 2.24) is 30.3 Å². The fourth-order valence-electron chi connectivity index (χ4n) is 5.82. The average Bonchev–Trinajstić information content (AvgIpc) is 3.59. The van der Waals surface area contributed by atoms with E-state index in [0.29, 0.717) is 49.2 Å². The molecule has 2 aliphatic heterocycles. The first-order valence-corrected chi connectivity index (χ1v) is 16.6. The number of likely N-dealkylation sites (tertiary alicyclic amines) is 1. The van der Waals surface area contributed by atoms with Crippen molar-refractivity contribution in [3.05, 3.63) is 30.0 Å². The smallest absolute Gasteiger partial charge is 0.409 e. The van der Waals surface area contributed by atoms with Gasteiger partial charge in [0.1, 0.15) is 29.3 Å². The summed E-state index contributed by atoms with van der Waals surface area (Å²) in [5.41, 5.74) is 0.226. The summed E-state index contributed by atoms with van der Waals surface area (Å²) in [6.07, 6.45) is 0.180. The van der Waals surface area contributed by atoms with Crippen LogP contribution in [0.3, 0.4) is 0 Å². The largest absolute Gasteiger partial charge is 0.494 e. The van der Waals surface area contributed by atoms with Gasteiger partial charge in [0.25, 0.3) is 11.8 Å². The van der Waals surface area contributed by atoms with E-state index in [0.717, 1.165) is 0 Å². The second-order valence-electron chi connectivity index (χ2n) is 11.5. The molecular formula is C33H44N6O10. The number of aliphatic carboxylic acids is 1. The van der Waals surface area contributed by atoms with Gasteiger partial charge in [0.05, 0.1) is 18.7 Å². The number of rotatable bonds is 14. The Bertz CT molecular complexity index is 1540. The van der Waals surface area contributed by atoms with Crippen LogP contribution in [0.4, 0.5) is 4.79 Å². The molecule has 3 N–H and O–H groups in total. The second kappa shape index (κ2) is 17.3. The summed E-state index contributed by atoms with van der Waals surface area (Å²) in [5.74, 6) is -2.33. The number of pyridine rings is 1. The lowest BCUT2D eigenvalue weighted by Gasteiger charge is -2.35. The number of hydrogen-bond acceptors (Lipinski definition) is 10. The molecule has 266 valence electrons. The van der Waals surface area contributed by atoms with Gasteiger partial charge in [-0.1, -0.05) is 0 Å². The van der Waals surface area contributed by atoms with E-state index in [9.17, 15) is 33.9 Å². The van der Waals surface area contributed by atoms with Crippen molar-refractivity contribution in [1.29, 1.82) is 0 Å². The number of likely N-dealkylation sites (N-methyl/N-ethyl adjacent to an activating group) is 1. The quantitative estimate of drug-likeness (QED) is 0.260. The summed E-state index contributed by atoms with van der Waals surface area (Å²) in [6.45, 7) is 7.19. The lowest BCUT2D eigenvalue weighted by molar-refractivity contribution is -0.139. The number of aromatic nitrogens is 1. The predicted octanol–water partition coefficient (Wildman–Crippen LogP) is 1.40. The molecule has 4 rings (SSSR count). The number of carboxylic acid groups (broad SMARTS) is 1. The van der Waals surface area contributed by atoms with E-state index < -0.39 is 48.5 Å². The van der Waals surface area contributed by atoms with Crippen LogP contribution in [0.15, 0.2) is 24.3 Å². The van der Waals surface area contributed by atoms with Gasteiger partial charge in [-0.25, -0.2) is 9.78 Å². The molecule has 0 spiro atoms. The van der Waals surface area contributed by atoms with Crippen LogP contribution in [-0.4, -0.2) is 132 Å². The molecule has 2 aromatic rings. The van der Waals surface area contributed by atoms with Crippen LogP contribution in [0.1, 0.15) is 56.9 Å². The molecule has 0 aliphatic carbocycles. The predicted molar refractivity (Wildman–Crippen MR) is 175 cm³/mol. The number of fused-ring (bicyclic) bond motifs is 1. The molecule has 16 heteroatoms. The van der Waals surface area contributed by atoms with Gasteiger partial charge in [-0.3, -0.25) is 24.0 Å². The molecule has 2 aliphatic rings. The fourth-order valence-corrected chi connectivity index (χ4v) is 5.82. The summed E-state index contributed by atoms with van der Waals surface area (Å²) >= 11 is 0. The maximum atomic E-state index is 13.6. The van der Waals surface area contributed by atoms with Crippen molar-refractivity contribution < 1.29 is 48.1 Å². The minimum atomic E-state index is -1.19. The Kier molecular flexibility index (Phi) is 13.0. The van der Waals surface area contributed by atoms with Crippen LogP contribution in [0, 0.1) is 0 Å². The van der Waals surface area contributed by atoms with Crippen molar-refractivity contribution in [2.75, 3.05) is 59.1 Å². The van der Waals surface area contributed by atoms with E-state index in [4.69, 9.17) is 14.2 Å². The number of nitrogens with one attached hydrogen (secondary N) is 2. The van der Waals surface area contributed by atoms with Crippen LogP contribution in [-0.2, 0) is 23.9 Å². The molecule has 2 fully saturated rings. The standard InChI is InChI=1S/C33H44N6O10/c1-4-34-31(44)26-8-7-13-39(26)28(40)20-49-27-19-25(35-23-10-9-21(47-5-2)18-22(23)27)30(43)36-24(11-12-29(41)42)32(45)37-14-16-38(17-15-37)33(46)48-6-3/h9-10,18-19,24,26H,4-8,11-17,20H2,1-3H3,(H,34,44)(H,36,43)(H,41,42)/t24-,26-/m0/s1. The third-order valence-corrected chi connectivity index (χ3v) is 8.23. The Hall–Kier alpha value is -5.15. The lowest BCUT2D eigenvalue weighted by Crippen LogP contribution is -2.56. The van der Waals surface area contributed by atoms with Gasteiger partial charge in [-0.15, -0.1) is 0 Å². The highest BCUT2D eigenvalue weighted by Gasteiger charge is 2.34. The number of carbonyl (C=O) groups is 6. The highest BCUT2D eigenvalue weighted by Crippen LogP contribution is 2.30. The first-order chi connectivity index (χ1) is 23.6. The molecule has 1 aromatic heterocycles. The monoisotopic (exact) mass is 684 g/mol. The topological polar surface area (TPSA) is 197 Å². The van der Waals surface area contributed by atoms with Gasteiger partial charge in [-0.2, -0.15) is 0 Å². The van der Waals surface area contributed by atoms with Crippen LogP contribution in [0.2, 0.25) is 0 Å². The van der Waals surface area contributed by atoms with Gasteiger partial charge < -0.3 is 44.7 Å². The van der Waals surface area contributed by atoms with Crippen molar-refractivity contribution in [3.63, 3.8) is 0 Å². The van der Waals surface area contributed by atoms with Gasteiger partial charge >= 0.3 is 12.1 Å². The summed E-state index contributed by atoms with van der Waals surface area (Å²) in [4.78, 5) is 85.3. The Morgan fingerprint density at radius 2 is 1.69 bits per heavy atom.